The number of hydrogen-bond acceptors (Lipinski definition) is 3. The Labute approximate surface area is 110 Å². The van der Waals surface area contributed by atoms with Crippen LogP contribution in [0.1, 0.15) is 31.4 Å². The van der Waals surface area contributed by atoms with Crippen LogP contribution in [0, 0.1) is 0 Å². The molecule has 1 fully saturated rings. The van der Waals surface area contributed by atoms with Gasteiger partial charge in [0.15, 0.2) is 0 Å². The van der Waals surface area contributed by atoms with E-state index in [1.54, 1.807) is 6.07 Å². The van der Waals surface area contributed by atoms with Gasteiger partial charge in [0.25, 0.3) is 0 Å². The molecule has 0 spiro atoms. The van der Waals surface area contributed by atoms with Gasteiger partial charge in [-0.05, 0) is 64.6 Å². The molecule has 0 aromatic heterocycles. The molecule has 3 nitrogen and oxygen atoms in total. The summed E-state index contributed by atoms with van der Waals surface area (Å²) in [6.07, 6.45) is 2.46. The first-order valence-electron chi connectivity index (χ1n) is 6.77. The molecule has 0 amide bonds. The van der Waals surface area contributed by atoms with Crippen molar-refractivity contribution < 1.29 is 5.11 Å². The van der Waals surface area contributed by atoms with Crippen molar-refractivity contribution in [1.29, 1.82) is 0 Å². The Morgan fingerprint density at radius 3 is 2.61 bits per heavy atom. The summed E-state index contributed by atoms with van der Waals surface area (Å²) in [5, 5.41) is 9.56. The molecule has 0 saturated carbocycles. The van der Waals surface area contributed by atoms with Gasteiger partial charge in [0, 0.05) is 12.1 Å². The summed E-state index contributed by atoms with van der Waals surface area (Å²) >= 11 is 0. The summed E-state index contributed by atoms with van der Waals surface area (Å²) in [6, 6.07) is 8.62. The third-order valence-corrected chi connectivity index (χ3v) is 4.23. The smallest absolute Gasteiger partial charge is 0.115 e. The summed E-state index contributed by atoms with van der Waals surface area (Å²) < 4.78 is 0. The van der Waals surface area contributed by atoms with E-state index in [0.717, 1.165) is 0 Å². The number of aromatic hydroxyl groups is 1. The average Bonchev–Trinajstić information content (AvgIpc) is 2.38. The maximum Gasteiger partial charge on any atom is 0.115 e. The van der Waals surface area contributed by atoms with Crippen LogP contribution in [0.5, 0.6) is 5.75 Å². The zero-order chi connectivity index (χ0) is 13.1. The van der Waals surface area contributed by atoms with Gasteiger partial charge in [-0.2, -0.15) is 0 Å². The Hall–Kier alpha value is -1.06. The van der Waals surface area contributed by atoms with E-state index in [-0.39, 0.29) is 0 Å². The van der Waals surface area contributed by atoms with Crippen molar-refractivity contribution >= 4 is 0 Å². The highest BCUT2D eigenvalue weighted by molar-refractivity contribution is 5.29. The van der Waals surface area contributed by atoms with Crippen molar-refractivity contribution in [3.05, 3.63) is 29.8 Å². The Balaban J connectivity index is 2.02. The largest absolute Gasteiger partial charge is 0.508 e. The van der Waals surface area contributed by atoms with Crippen molar-refractivity contribution in [2.45, 2.75) is 31.8 Å². The molecule has 2 rings (SSSR count). The van der Waals surface area contributed by atoms with E-state index >= 15 is 0 Å². The van der Waals surface area contributed by atoms with Crippen LogP contribution >= 0.6 is 0 Å². The second-order valence-corrected chi connectivity index (χ2v) is 5.47. The number of hydrogen-bond donors (Lipinski definition) is 1. The zero-order valence-electron chi connectivity index (χ0n) is 11.6. The molecule has 0 bridgehead atoms. The van der Waals surface area contributed by atoms with Crippen LogP contribution in [0.25, 0.3) is 0 Å². The highest BCUT2D eigenvalue weighted by atomic mass is 16.3. The van der Waals surface area contributed by atoms with E-state index in [0.29, 0.717) is 17.8 Å². The lowest BCUT2D eigenvalue weighted by atomic mass is 9.99. The molecule has 0 radical (unpaired) electrons. The molecule has 100 valence electrons. The Morgan fingerprint density at radius 1 is 1.33 bits per heavy atom. The van der Waals surface area contributed by atoms with E-state index in [9.17, 15) is 5.11 Å². The zero-order valence-corrected chi connectivity index (χ0v) is 11.6. The highest BCUT2D eigenvalue weighted by Crippen LogP contribution is 2.27. The van der Waals surface area contributed by atoms with Crippen LogP contribution in [0.15, 0.2) is 24.3 Å². The van der Waals surface area contributed by atoms with E-state index in [1.807, 2.05) is 12.1 Å². The quantitative estimate of drug-likeness (QED) is 0.890. The molecule has 1 aromatic rings. The van der Waals surface area contributed by atoms with Gasteiger partial charge in [0.1, 0.15) is 5.75 Å². The van der Waals surface area contributed by atoms with Crippen LogP contribution in [-0.4, -0.2) is 48.1 Å². The van der Waals surface area contributed by atoms with Gasteiger partial charge < -0.3 is 10.0 Å². The lowest BCUT2D eigenvalue weighted by Crippen LogP contribution is -2.42. The van der Waals surface area contributed by atoms with Gasteiger partial charge >= 0.3 is 0 Å². The van der Waals surface area contributed by atoms with Crippen molar-refractivity contribution in [3.63, 3.8) is 0 Å². The summed E-state index contributed by atoms with van der Waals surface area (Å²) in [7, 11) is 4.39. The first-order chi connectivity index (χ1) is 8.58. The minimum atomic E-state index is 0.352. The minimum absolute atomic E-state index is 0.352. The first-order valence-corrected chi connectivity index (χ1v) is 6.77. The van der Waals surface area contributed by atoms with E-state index < -0.39 is 0 Å². The van der Waals surface area contributed by atoms with Crippen LogP contribution in [0.4, 0.5) is 0 Å². The lowest BCUT2D eigenvalue weighted by molar-refractivity contribution is 0.113. The third kappa shape index (κ3) is 3.03. The van der Waals surface area contributed by atoms with Gasteiger partial charge in [-0.1, -0.05) is 12.1 Å². The summed E-state index contributed by atoms with van der Waals surface area (Å²) in [4.78, 5) is 4.84. The molecule has 1 atom stereocenters. The molecule has 1 saturated heterocycles. The molecule has 1 N–H and O–H groups in total. The topological polar surface area (TPSA) is 26.7 Å². The van der Waals surface area contributed by atoms with Gasteiger partial charge in [0.2, 0.25) is 0 Å². The molecule has 18 heavy (non-hydrogen) atoms. The lowest BCUT2D eigenvalue weighted by Gasteiger charge is -2.38. The fraction of sp³-hybridized carbons (Fsp3) is 0.600. The predicted octanol–water partition coefficient (Wildman–Crippen LogP) is 2.48. The Bertz CT molecular complexity index is 386. The summed E-state index contributed by atoms with van der Waals surface area (Å²) in [5.74, 6) is 0.358. The van der Waals surface area contributed by atoms with Crippen molar-refractivity contribution in [3.8, 4) is 5.75 Å². The highest BCUT2D eigenvalue weighted by Gasteiger charge is 2.24. The Kier molecular flexibility index (Phi) is 4.25. The number of piperidine rings is 1. The standard InChI is InChI=1S/C15H24N2O/c1-12(13-5-4-6-15(18)11-13)17(3)14-7-9-16(2)10-8-14/h4-6,11-12,14,18H,7-10H2,1-3H3. The van der Waals surface area contributed by atoms with E-state index in [4.69, 9.17) is 0 Å². The van der Waals surface area contributed by atoms with Gasteiger partial charge in [-0.25, -0.2) is 0 Å². The molecule has 1 unspecified atom stereocenters. The molecular weight excluding hydrogens is 224 g/mol. The number of benzene rings is 1. The third-order valence-electron chi connectivity index (χ3n) is 4.23. The van der Waals surface area contributed by atoms with E-state index in [1.165, 1.54) is 31.5 Å². The van der Waals surface area contributed by atoms with Crippen LogP contribution < -0.4 is 0 Å². The molecule has 0 aliphatic carbocycles. The number of phenolic OH excluding ortho intramolecular Hbond substituents is 1. The number of nitrogens with zero attached hydrogens (tertiary/aromatic N) is 2. The van der Waals surface area contributed by atoms with Crippen LogP contribution in [0.2, 0.25) is 0 Å². The van der Waals surface area contributed by atoms with Gasteiger partial charge in [-0.3, -0.25) is 4.90 Å². The maximum absolute atomic E-state index is 9.56. The molecule has 1 aliphatic rings. The monoisotopic (exact) mass is 248 g/mol. The molecular formula is C15H24N2O. The molecule has 1 aromatic carbocycles. The summed E-state index contributed by atoms with van der Waals surface area (Å²) in [5.41, 5.74) is 1.19. The predicted molar refractivity (Wildman–Crippen MR) is 74.8 cm³/mol. The summed E-state index contributed by atoms with van der Waals surface area (Å²) in [6.45, 7) is 4.58. The molecule has 1 aliphatic heterocycles. The number of likely N-dealkylation sites (tertiary alicyclic amines) is 1. The maximum atomic E-state index is 9.56. The first kappa shape index (κ1) is 13.4. The van der Waals surface area contributed by atoms with Crippen molar-refractivity contribution in [1.82, 2.24) is 9.80 Å². The van der Waals surface area contributed by atoms with Crippen LogP contribution in [0.3, 0.4) is 0 Å². The second-order valence-electron chi connectivity index (χ2n) is 5.47. The fourth-order valence-corrected chi connectivity index (χ4v) is 2.74. The van der Waals surface area contributed by atoms with Gasteiger partial charge in [0.05, 0.1) is 0 Å². The van der Waals surface area contributed by atoms with Gasteiger partial charge in [-0.15, -0.1) is 0 Å². The number of phenols is 1. The molecule has 1 heterocycles. The van der Waals surface area contributed by atoms with Crippen LogP contribution in [-0.2, 0) is 0 Å². The number of rotatable bonds is 3. The second kappa shape index (κ2) is 5.72. The SMILES string of the molecule is CC(c1cccc(O)c1)N(C)C1CCN(C)CC1. The Morgan fingerprint density at radius 2 is 2.00 bits per heavy atom. The molecule has 3 heteroatoms. The minimum Gasteiger partial charge on any atom is -0.508 e. The van der Waals surface area contributed by atoms with Crippen molar-refractivity contribution in [2.24, 2.45) is 0 Å². The van der Waals surface area contributed by atoms with Crippen molar-refractivity contribution in [2.75, 3.05) is 27.2 Å². The fourth-order valence-electron chi connectivity index (χ4n) is 2.74. The average molecular weight is 248 g/mol. The van der Waals surface area contributed by atoms with E-state index in [2.05, 4.69) is 36.9 Å². The normalized spacial score (nSPS) is 20.2.